The lowest BCUT2D eigenvalue weighted by Crippen LogP contribution is -2.33. The molecule has 2 heterocycles. The topological polar surface area (TPSA) is 84.1 Å². The lowest BCUT2D eigenvalue weighted by Gasteiger charge is -2.14. The van der Waals surface area contributed by atoms with Gasteiger partial charge in [-0.25, -0.2) is 9.97 Å². The Morgan fingerprint density at radius 2 is 2.04 bits per heavy atom. The molecule has 1 amide bonds. The maximum Gasteiger partial charge on any atom is 0.251 e. The van der Waals surface area contributed by atoms with Gasteiger partial charge in [-0.1, -0.05) is 12.1 Å². The lowest BCUT2D eigenvalue weighted by molar-refractivity contribution is 0.0950. The van der Waals surface area contributed by atoms with Gasteiger partial charge in [0.1, 0.15) is 0 Å². The molecule has 1 aliphatic rings. The number of nitrogens with one attached hydrogen (secondary N) is 1. The highest BCUT2D eigenvalue weighted by atomic mass is 16.1. The Kier molecular flexibility index (Phi) is 5.05. The van der Waals surface area contributed by atoms with E-state index in [1.165, 1.54) is 12.8 Å². The number of hydrogen-bond donors (Lipinski definition) is 2. The predicted molar refractivity (Wildman–Crippen MR) is 94.6 cm³/mol. The fourth-order valence-electron chi connectivity index (χ4n) is 2.99. The summed E-state index contributed by atoms with van der Waals surface area (Å²) in [7, 11) is 0. The predicted octanol–water partition coefficient (Wildman–Crippen LogP) is 1.86. The van der Waals surface area contributed by atoms with E-state index in [9.17, 15) is 4.79 Å². The number of carbonyl (C=O) groups excluding carboxylic acids is 1. The zero-order valence-electron chi connectivity index (χ0n) is 14.0. The fraction of sp³-hybridized carbons (Fsp3) is 0.389. The van der Waals surface area contributed by atoms with Crippen molar-refractivity contribution in [3.63, 3.8) is 0 Å². The van der Waals surface area contributed by atoms with Crippen molar-refractivity contribution in [3.05, 3.63) is 41.6 Å². The number of likely N-dealkylation sites (tertiary alicyclic amines) is 1. The van der Waals surface area contributed by atoms with E-state index in [2.05, 4.69) is 20.2 Å². The number of amides is 1. The first-order valence-corrected chi connectivity index (χ1v) is 8.34. The molecular weight excluding hydrogens is 302 g/mol. The molecule has 1 fully saturated rings. The van der Waals surface area contributed by atoms with E-state index in [-0.39, 0.29) is 11.9 Å². The molecule has 6 nitrogen and oxygen atoms in total. The number of nitrogens with two attached hydrogens (primary N) is 1. The third kappa shape index (κ3) is 4.08. The van der Waals surface area contributed by atoms with Gasteiger partial charge in [-0.2, -0.15) is 0 Å². The van der Waals surface area contributed by atoms with E-state index in [1.54, 1.807) is 0 Å². The zero-order chi connectivity index (χ0) is 16.9. The third-order valence-electron chi connectivity index (χ3n) is 4.20. The first kappa shape index (κ1) is 16.4. The summed E-state index contributed by atoms with van der Waals surface area (Å²) in [6.07, 6.45) is 2.52. The summed E-state index contributed by atoms with van der Waals surface area (Å²) in [5, 5.41) is 2.99. The van der Waals surface area contributed by atoms with Crippen molar-refractivity contribution in [1.29, 1.82) is 0 Å². The van der Waals surface area contributed by atoms with Crippen LogP contribution in [0, 0.1) is 6.92 Å². The van der Waals surface area contributed by atoms with E-state index < -0.39 is 0 Å². The molecule has 0 aliphatic carbocycles. The quantitative estimate of drug-likeness (QED) is 0.876. The van der Waals surface area contributed by atoms with Gasteiger partial charge in [0.25, 0.3) is 5.91 Å². The Morgan fingerprint density at radius 1 is 1.25 bits per heavy atom. The minimum absolute atomic E-state index is 0.0604. The van der Waals surface area contributed by atoms with Crippen LogP contribution in [0.3, 0.4) is 0 Å². The van der Waals surface area contributed by atoms with Gasteiger partial charge >= 0.3 is 0 Å². The van der Waals surface area contributed by atoms with Crippen molar-refractivity contribution in [1.82, 2.24) is 20.2 Å². The molecule has 24 heavy (non-hydrogen) atoms. The summed E-state index contributed by atoms with van der Waals surface area (Å²) >= 11 is 0. The second-order valence-electron chi connectivity index (χ2n) is 6.14. The molecule has 126 valence electrons. The molecular formula is C18H23N5O. The van der Waals surface area contributed by atoms with Crippen LogP contribution >= 0.6 is 0 Å². The van der Waals surface area contributed by atoms with Crippen LogP contribution in [0.4, 0.5) is 5.95 Å². The van der Waals surface area contributed by atoms with E-state index in [4.69, 9.17) is 5.73 Å². The van der Waals surface area contributed by atoms with Crippen molar-refractivity contribution in [2.24, 2.45) is 0 Å². The summed E-state index contributed by atoms with van der Waals surface area (Å²) < 4.78 is 0. The number of hydrogen-bond acceptors (Lipinski definition) is 5. The molecule has 3 rings (SSSR count). The molecule has 0 spiro atoms. The SMILES string of the molecule is Cc1cc(-c2cccc(C(=O)NCCN3CCCC3)c2)nc(N)n1. The summed E-state index contributed by atoms with van der Waals surface area (Å²) in [4.78, 5) is 23.1. The molecule has 0 atom stereocenters. The molecule has 1 saturated heterocycles. The van der Waals surface area contributed by atoms with E-state index >= 15 is 0 Å². The number of nitrogen functional groups attached to an aromatic ring is 1. The number of carbonyl (C=O) groups is 1. The maximum atomic E-state index is 12.3. The third-order valence-corrected chi connectivity index (χ3v) is 4.20. The second kappa shape index (κ2) is 7.40. The highest BCUT2D eigenvalue weighted by Crippen LogP contribution is 2.19. The van der Waals surface area contributed by atoms with Crippen molar-refractivity contribution >= 4 is 11.9 Å². The fourth-order valence-corrected chi connectivity index (χ4v) is 2.99. The zero-order valence-corrected chi connectivity index (χ0v) is 14.0. The highest BCUT2D eigenvalue weighted by molar-refractivity contribution is 5.95. The molecule has 6 heteroatoms. The number of benzene rings is 1. The smallest absolute Gasteiger partial charge is 0.251 e. The monoisotopic (exact) mass is 325 g/mol. The van der Waals surface area contributed by atoms with Gasteiger partial charge in [0.05, 0.1) is 5.69 Å². The number of rotatable bonds is 5. The Balaban J connectivity index is 1.66. The summed E-state index contributed by atoms with van der Waals surface area (Å²) in [5.41, 5.74) is 8.74. The molecule has 1 aromatic heterocycles. The minimum atomic E-state index is -0.0604. The van der Waals surface area contributed by atoms with Gasteiger partial charge in [-0.05, 0) is 51.1 Å². The molecule has 1 aromatic carbocycles. The van der Waals surface area contributed by atoms with Gasteiger partial charge in [0.2, 0.25) is 5.95 Å². The van der Waals surface area contributed by atoms with E-state index in [0.717, 1.165) is 36.6 Å². The Morgan fingerprint density at radius 3 is 2.79 bits per heavy atom. The van der Waals surface area contributed by atoms with Crippen LogP contribution < -0.4 is 11.1 Å². The van der Waals surface area contributed by atoms with Crippen LogP contribution in [0.2, 0.25) is 0 Å². The highest BCUT2D eigenvalue weighted by Gasteiger charge is 2.12. The van der Waals surface area contributed by atoms with Crippen LogP contribution in [0.5, 0.6) is 0 Å². The van der Waals surface area contributed by atoms with Gasteiger partial charge in [0.15, 0.2) is 0 Å². The van der Waals surface area contributed by atoms with Gasteiger partial charge < -0.3 is 16.0 Å². The Bertz CT molecular complexity index is 705. The number of aryl methyl sites for hydroxylation is 1. The molecule has 1 aliphatic heterocycles. The second-order valence-corrected chi connectivity index (χ2v) is 6.14. The van der Waals surface area contributed by atoms with Crippen molar-refractivity contribution in [3.8, 4) is 11.3 Å². The lowest BCUT2D eigenvalue weighted by atomic mass is 10.1. The first-order chi connectivity index (χ1) is 11.6. The summed E-state index contributed by atoms with van der Waals surface area (Å²) in [6.45, 7) is 5.73. The average molecular weight is 325 g/mol. The summed E-state index contributed by atoms with van der Waals surface area (Å²) in [6, 6.07) is 9.29. The van der Waals surface area contributed by atoms with Gasteiger partial charge in [-0.15, -0.1) is 0 Å². The molecule has 2 aromatic rings. The maximum absolute atomic E-state index is 12.3. The van der Waals surface area contributed by atoms with Crippen molar-refractivity contribution < 1.29 is 4.79 Å². The van der Waals surface area contributed by atoms with Crippen LogP contribution in [0.1, 0.15) is 28.9 Å². The number of nitrogens with zero attached hydrogens (tertiary/aromatic N) is 3. The van der Waals surface area contributed by atoms with Crippen LogP contribution in [-0.2, 0) is 0 Å². The van der Waals surface area contributed by atoms with Crippen LogP contribution in [0.25, 0.3) is 11.3 Å². The van der Waals surface area contributed by atoms with Crippen molar-refractivity contribution in [2.45, 2.75) is 19.8 Å². The van der Waals surface area contributed by atoms with Gasteiger partial charge in [0, 0.05) is 29.9 Å². The first-order valence-electron chi connectivity index (χ1n) is 8.34. The molecule has 0 bridgehead atoms. The van der Waals surface area contributed by atoms with Gasteiger partial charge in [-0.3, -0.25) is 4.79 Å². The number of anilines is 1. The largest absolute Gasteiger partial charge is 0.368 e. The Hall–Kier alpha value is -2.47. The van der Waals surface area contributed by atoms with Crippen LogP contribution in [-0.4, -0.2) is 47.0 Å². The van der Waals surface area contributed by atoms with E-state index in [0.29, 0.717) is 12.1 Å². The molecule has 3 N–H and O–H groups in total. The average Bonchev–Trinajstić information content (AvgIpc) is 3.07. The normalized spacial score (nSPS) is 14.7. The minimum Gasteiger partial charge on any atom is -0.368 e. The van der Waals surface area contributed by atoms with Crippen molar-refractivity contribution in [2.75, 3.05) is 31.9 Å². The van der Waals surface area contributed by atoms with Crippen LogP contribution in [0.15, 0.2) is 30.3 Å². The summed E-state index contributed by atoms with van der Waals surface area (Å²) in [5.74, 6) is 0.181. The number of aromatic nitrogens is 2. The standard InChI is InChI=1S/C18H23N5O/c1-13-11-16(22-18(19)21-13)14-5-4-6-15(12-14)17(24)20-7-10-23-8-2-3-9-23/h4-6,11-12H,2-3,7-10H2,1H3,(H,20,24)(H2,19,21,22). The van der Waals surface area contributed by atoms with E-state index in [1.807, 2.05) is 37.3 Å². The molecule has 0 radical (unpaired) electrons. The molecule has 0 unspecified atom stereocenters. The Labute approximate surface area is 142 Å². The molecule has 0 saturated carbocycles.